The summed E-state index contributed by atoms with van der Waals surface area (Å²) in [5.74, 6) is -0.807. The fourth-order valence-corrected chi connectivity index (χ4v) is 3.49. The van der Waals surface area contributed by atoms with Gasteiger partial charge in [-0.25, -0.2) is 9.37 Å². The standard InChI is InChI=1S/C17H13F4N3O3S/c1-22-13(25)7-12-15(17(19,20)21)28-16-23-10(6-14(26)24(12)16)8-27-11-4-2-9(18)3-5-11/h2-6H,7-8H2,1H3,(H,22,25). The first-order valence-corrected chi connectivity index (χ1v) is 8.71. The maximum atomic E-state index is 13.4. The number of carbonyl (C=O) groups is 1. The topological polar surface area (TPSA) is 72.7 Å². The maximum absolute atomic E-state index is 13.4. The lowest BCUT2D eigenvalue weighted by Crippen LogP contribution is -2.25. The molecule has 1 N–H and O–H groups in total. The van der Waals surface area contributed by atoms with E-state index in [1.807, 2.05) is 0 Å². The highest BCUT2D eigenvalue weighted by Gasteiger charge is 2.38. The van der Waals surface area contributed by atoms with Crippen LogP contribution in [0.5, 0.6) is 5.75 Å². The van der Waals surface area contributed by atoms with E-state index < -0.39 is 40.5 Å². The Kier molecular flexibility index (Phi) is 5.36. The van der Waals surface area contributed by atoms with Crippen LogP contribution < -0.4 is 15.6 Å². The Hall–Kier alpha value is -2.95. The molecule has 148 valence electrons. The number of nitrogens with one attached hydrogen (secondary N) is 1. The van der Waals surface area contributed by atoms with Crippen molar-refractivity contribution in [2.45, 2.75) is 19.2 Å². The second-order valence-corrected chi connectivity index (χ2v) is 6.65. The van der Waals surface area contributed by atoms with E-state index in [-0.39, 0.29) is 28.6 Å². The van der Waals surface area contributed by atoms with Gasteiger partial charge in [-0.2, -0.15) is 13.2 Å². The fourth-order valence-electron chi connectivity index (χ4n) is 2.46. The van der Waals surface area contributed by atoms with Crippen LogP contribution >= 0.6 is 11.3 Å². The molecule has 0 radical (unpaired) electrons. The number of amides is 1. The van der Waals surface area contributed by atoms with Crippen molar-refractivity contribution in [1.29, 1.82) is 0 Å². The van der Waals surface area contributed by atoms with E-state index in [0.717, 1.165) is 10.5 Å². The smallest absolute Gasteiger partial charge is 0.427 e. The summed E-state index contributed by atoms with van der Waals surface area (Å²) in [6, 6.07) is 6.14. The molecule has 2 heterocycles. The quantitative estimate of drug-likeness (QED) is 0.651. The minimum atomic E-state index is -4.74. The molecule has 1 aromatic carbocycles. The lowest BCUT2D eigenvalue weighted by atomic mass is 10.2. The number of benzene rings is 1. The van der Waals surface area contributed by atoms with Crippen LogP contribution in [-0.2, 0) is 24.0 Å². The molecule has 0 saturated heterocycles. The second kappa shape index (κ2) is 7.58. The van der Waals surface area contributed by atoms with Gasteiger partial charge in [0.2, 0.25) is 5.91 Å². The molecular weight excluding hydrogens is 402 g/mol. The molecule has 1 amide bonds. The summed E-state index contributed by atoms with van der Waals surface area (Å²) < 4.78 is 59.1. The van der Waals surface area contributed by atoms with Gasteiger partial charge in [-0.1, -0.05) is 11.3 Å². The van der Waals surface area contributed by atoms with Crippen LogP contribution in [0.1, 0.15) is 16.3 Å². The Morgan fingerprint density at radius 3 is 2.57 bits per heavy atom. The molecule has 2 aromatic heterocycles. The van der Waals surface area contributed by atoms with Crippen LogP contribution in [0.4, 0.5) is 17.6 Å². The molecule has 3 aromatic rings. The highest BCUT2D eigenvalue weighted by Crippen LogP contribution is 2.37. The van der Waals surface area contributed by atoms with Crippen molar-refractivity contribution in [2.75, 3.05) is 7.05 Å². The molecule has 0 aliphatic heterocycles. The number of alkyl halides is 3. The molecular formula is C17H13F4N3O3S. The summed E-state index contributed by atoms with van der Waals surface area (Å²) in [6.07, 6.45) is -5.35. The molecule has 0 aliphatic carbocycles. The monoisotopic (exact) mass is 415 g/mol. The molecule has 28 heavy (non-hydrogen) atoms. The van der Waals surface area contributed by atoms with Crippen molar-refractivity contribution in [3.8, 4) is 5.75 Å². The van der Waals surface area contributed by atoms with Gasteiger partial charge in [-0.15, -0.1) is 0 Å². The lowest BCUT2D eigenvalue weighted by Gasteiger charge is -2.08. The third kappa shape index (κ3) is 4.14. The van der Waals surface area contributed by atoms with Crippen LogP contribution in [0.2, 0.25) is 0 Å². The third-order valence-corrected chi connectivity index (χ3v) is 4.86. The zero-order valence-corrected chi connectivity index (χ0v) is 15.2. The number of likely N-dealkylation sites (N-methyl/N-ethyl adjacent to an activating group) is 1. The van der Waals surface area contributed by atoms with E-state index in [4.69, 9.17) is 4.74 Å². The third-order valence-electron chi connectivity index (χ3n) is 3.73. The van der Waals surface area contributed by atoms with Gasteiger partial charge in [0, 0.05) is 13.1 Å². The predicted octanol–water partition coefficient (Wildman–Crippen LogP) is 2.78. The van der Waals surface area contributed by atoms with Gasteiger partial charge in [0.25, 0.3) is 5.56 Å². The molecule has 6 nitrogen and oxygen atoms in total. The number of thiazole rings is 1. The van der Waals surface area contributed by atoms with Crippen molar-refractivity contribution in [2.24, 2.45) is 0 Å². The van der Waals surface area contributed by atoms with Gasteiger partial charge in [0.05, 0.1) is 17.8 Å². The molecule has 0 fully saturated rings. The van der Waals surface area contributed by atoms with E-state index >= 15 is 0 Å². The Balaban J connectivity index is 1.99. The van der Waals surface area contributed by atoms with Gasteiger partial charge in [0.1, 0.15) is 23.1 Å². The molecule has 3 rings (SSSR count). The van der Waals surface area contributed by atoms with Crippen LogP contribution in [0.15, 0.2) is 35.1 Å². The zero-order valence-electron chi connectivity index (χ0n) is 14.3. The number of carbonyl (C=O) groups excluding carboxylic acids is 1. The summed E-state index contributed by atoms with van der Waals surface area (Å²) in [5.41, 5.74) is -1.11. The van der Waals surface area contributed by atoms with Crippen LogP contribution in [-0.4, -0.2) is 22.3 Å². The summed E-state index contributed by atoms with van der Waals surface area (Å²) in [6.45, 7) is -0.193. The van der Waals surface area contributed by atoms with Crippen LogP contribution in [0.25, 0.3) is 4.96 Å². The van der Waals surface area contributed by atoms with E-state index in [1.54, 1.807) is 0 Å². The van der Waals surface area contributed by atoms with Crippen molar-refractivity contribution in [3.63, 3.8) is 0 Å². The van der Waals surface area contributed by atoms with E-state index in [9.17, 15) is 27.2 Å². The number of aromatic nitrogens is 2. The van der Waals surface area contributed by atoms with Crippen LogP contribution in [0.3, 0.4) is 0 Å². The number of nitrogens with zero attached hydrogens (tertiary/aromatic N) is 2. The normalized spacial score (nSPS) is 11.6. The van der Waals surface area contributed by atoms with Gasteiger partial charge in [-0.05, 0) is 24.3 Å². The minimum Gasteiger partial charge on any atom is -0.487 e. The molecule has 0 bridgehead atoms. The molecule has 0 unspecified atom stereocenters. The van der Waals surface area contributed by atoms with Gasteiger partial charge in [0.15, 0.2) is 4.96 Å². The minimum absolute atomic E-state index is 0.107. The SMILES string of the molecule is CNC(=O)Cc1c(C(F)(F)F)sc2nc(COc3ccc(F)cc3)cc(=O)n12. The predicted molar refractivity (Wildman–Crippen MR) is 92.8 cm³/mol. The molecule has 0 spiro atoms. The van der Waals surface area contributed by atoms with Crippen LogP contribution in [0, 0.1) is 5.82 Å². The summed E-state index contributed by atoms with van der Waals surface area (Å²) in [7, 11) is 1.29. The first-order chi connectivity index (χ1) is 13.2. The van der Waals surface area contributed by atoms with Gasteiger partial charge < -0.3 is 10.1 Å². The number of hydrogen-bond acceptors (Lipinski definition) is 5. The number of halogens is 4. The van der Waals surface area contributed by atoms with Crippen molar-refractivity contribution in [3.05, 3.63) is 62.8 Å². The Morgan fingerprint density at radius 2 is 1.96 bits per heavy atom. The molecule has 0 atom stereocenters. The number of ether oxygens (including phenoxy) is 1. The lowest BCUT2D eigenvalue weighted by molar-refractivity contribution is -0.135. The largest absolute Gasteiger partial charge is 0.487 e. The number of fused-ring (bicyclic) bond motifs is 1. The van der Waals surface area contributed by atoms with Crippen molar-refractivity contribution < 1.29 is 27.1 Å². The highest BCUT2D eigenvalue weighted by molar-refractivity contribution is 7.17. The van der Waals surface area contributed by atoms with E-state index in [1.165, 1.54) is 31.3 Å². The molecule has 0 saturated carbocycles. The van der Waals surface area contributed by atoms with E-state index in [0.29, 0.717) is 5.75 Å². The van der Waals surface area contributed by atoms with Crippen molar-refractivity contribution >= 4 is 22.2 Å². The number of hydrogen-bond donors (Lipinski definition) is 1. The average Bonchev–Trinajstić information content (AvgIpc) is 3.00. The Bertz CT molecular complexity index is 1070. The summed E-state index contributed by atoms with van der Waals surface area (Å²) in [5, 5.41) is 2.24. The van der Waals surface area contributed by atoms with Gasteiger partial charge >= 0.3 is 6.18 Å². The Morgan fingerprint density at radius 1 is 1.29 bits per heavy atom. The highest BCUT2D eigenvalue weighted by atomic mass is 32.1. The van der Waals surface area contributed by atoms with E-state index in [2.05, 4.69) is 10.3 Å². The zero-order chi connectivity index (χ0) is 20.5. The summed E-state index contributed by atoms with van der Waals surface area (Å²) >= 11 is 0.277. The fraction of sp³-hybridized carbons (Fsp3) is 0.235. The first kappa shape index (κ1) is 19.8. The second-order valence-electron chi connectivity index (χ2n) is 5.67. The van der Waals surface area contributed by atoms with Crippen molar-refractivity contribution in [1.82, 2.24) is 14.7 Å². The first-order valence-electron chi connectivity index (χ1n) is 7.89. The Labute approximate surface area is 159 Å². The maximum Gasteiger partial charge on any atom is 0.427 e. The average molecular weight is 415 g/mol. The number of rotatable bonds is 5. The van der Waals surface area contributed by atoms with Gasteiger partial charge in [-0.3, -0.25) is 14.0 Å². The molecule has 0 aliphatic rings. The molecule has 11 heteroatoms. The summed E-state index contributed by atoms with van der Waals surface area (Å²) in [4.78, 5) is 26.8.